The molecular formula is C12H11ClIN5O. The summed E-state index contributed by atoms with van der Waals surface area (Å²) in [5.41, 5.74) is 1.02. The first kappa shape index (κ1) is 13.8. The molecule has 0 unspecified atom stereocenters. The van der Waals surface area contributed by atoms with Crippen LogP contribution in [0.3, 0.4) is 0 Å². The molecule has 1 aliphatic heterocycles. The van der Waals surface area contributed by atoms with Crippen molar-refractivity contribution in [3.8, 4) is 0 Å². The molecule has 1 aromatic heterocycles. The monoisotopic (exact) mass is 403 g/mol. The molecule has 0 atom stereocenters. The van der Waals surface area contributed by atoms with Crippen LogP contribution in [0, 0.1) is 3.57 Å². The Hall–Kier alpha value is -1.19. The van der Waals surface area contributed by atoms with Crippen LogP contribution in [0.5, 0.6) is 0 Å². The molecule has 2 heterocycles. The smallest absolute Gasteiger partial charge is 0.277 e. The van der Waals surface area contributed by atoms with Crippen LogP contribution in [0.1, 0.15) is 16.5 Å². The predicted octanol–water partition coefficient (Wildman–Crippen LogP) is 1.93. The van der Waals surface area contributed by atoms with Crippen LogP contribution in [0.25, 0.3) is 0 Å². The molecule has 0 bridgehead atoms. The summed E-state index contributed by atoms with van der Waals surface area (Å²) in [6.45, 7) is 1.72. The molecule has 8 heteroatoms. The fourth-order valence-corrected chi connectivity index (χ4v) is 2.80. The standard InChI is InChI=1S/C12H11ClIN5O/c13-7-1-2-10(9(14)3-7)16-12(20)11-6-19(18-17-11)8-4-15-5-8/h1-3,6,8,15H,4-5H2,(H,16,20). The number of benzene rings is 1. The number of anilines is 1. The Morgan fingerprint density at radius 1 is 1.50 bits per heavy atom. The van der Waals surface area contributed by atoms with Gasteiger partial charge >= 0.3 is 0 Å². The van der Waals surface area contributed by atoms with Gasteiger partial charge in [0.1, 0.15) is 0 Å². The summed E-state index contributed by atoms with van der Waals surface area (Å²) < 4.78 is 2.59. The van der Waals surface area contributed by atoms with Gasteiger partial charge in [-0.2, -0.15) is 0 Å². The van der Waals surface area contributed by atoms with Crippen LogP contribution < -0.4 is 10.6 Å². The summed E-state index contributed by atoms with van der Waals surface area (Å²) in [5.74, 6) is -0.274. The highest BCUT2D eigenvalue weighted by atomic mass is 127. The maximum absolute atomic E-state index is 12.1. The highest BCUT2D eigenvalue weighted by Gasteiger charge is 2.21. The summed E-state index contributed by atoms with van der Waals surface area (Å²) >= 11 is 8.00. The summed E-state index contributed by atoms with van der Waals surface area (Å²) in [5, 5.41) is 14.5. The van der Waals surface area contributed by atoms with Crippen LogP contribution >= 0.6 is 34.2 Å². The minimum Gasteiger partial charge on any atom is -0.320 e. The number of halogens is 2. The van der Waals surface area contributed by atoms with E-state index in [2.05, 4.69) is 43.5 Å². The number of aromatic nitrogens is 3. The van der Waals surface area contributed by atoms with E-state index in [4.69, 9.17) is 11.6 Å². The Labute approximate surface area is 134 Å². The van der Waals surface area contributed by atoms with Crippen molar-refractivity contribution in [1.29, 1.82) is 0 Å². The van der Waals surface area contributed by atoms with Gasteiger partial charge in [-0.3, -0.25) is 4.79 Å². The van der Waals surface area contributed by atoms with Gasteiger partial charge in [-0.25, -0.2) is 4.68 Å². The van der Waals surface area contributed by atoms with Crippen LogP contribution in [-0.2, 0) is 0 Å². The lowest BCUT2D eigenvalue weighted by atomic mass is 10.2. The van der Waals surface area contributed by atoms with Gasteiger partial charge in [0.25, 0.3) is 5.91 Å². The number of nitrogens with zero attached hydrogens (tertiary/aromatic N) is 3. The van der Waals surface area contributed by atoms with Gasteiger partial charge in [-0.05, 0) is 40.8 Å². The molecule has 0 aliphatic carbocycles. The number of hydrogen-bond donors (Lipinski definition) is 2. The van der Waals surface area contributed by atoms with Gasteiger partial charge in [-0.1, -0.05) is 16.8 Å². The molecular weight excluding hydrogens is 393 g/mol. The normalized spacial score (nSPS) is 14.9. The molecule has 1 aromatic carbocycles. The van der Waals surface area contributed by atoms with E-state index >= 15 is 0 Å². The summed E-state index contributed by atoms with van der Waals surface area (Å²) in [7, 11) is 0. The lowest BCUT2D eigenvalue weighted by Crippen LogP contribution is -2.43. The van der Waals surface area contributed by atoms with E-state index in [0.29, 0.717) is 22.4 Å². The number of hydrogen-bond acceptors (Lipinski definition) is 4. The van der Waals surface area contributed by atoms with Gasteiger partial charge < -0.3 is 10.6 Å². The van der Waals surface area contributed by atoms with Gasteiger partial charge in [0, 0.05) is 21.7 Å². The van der Waals surface area contributed by atoms with Crippen molar-refractivity contribution in [3.63, 3.8) is 0 Å². The average molecular weight is 404 g/mol. The van der Waals surface area contributed by atoms with Crippen molar-refractivity contribution in [1.82, 2.24) is 20.3 Å². The second-order valence-electron chi connectivity index (χ2n) is 4.47. The first-order chi connectivity index (χ1) is 9.63. The highest BCUT2D eigenvalue weighted by Crippen LogP contribution is 2.22. The van der Waals surface area contributed by atoms with E-state index in [1.54, 1.807) is 29.1 Å². The van der Waals surface area contributed by atoms with Crippen LogP contribution in [0.2, 0.25) is 5.02 Å². The number of rotatable bonds is 3. The fourth-order valence-electron chi connectivity index (χ4n) is 1.80. The zero-order chi connectivity index (χ0) is 14.1. The van der Waals surface area contributed by atoms with Gasteiger partial charge in [0.2, 0.25) is 0 Å². The molecule has 1 amide bonds. The van der Waals surface area contributed by atoms with E-state index in [-0.39, 0.29) is 5.91 Å². The predicted molar refractivity (Wildman–Crippen MR) is 84.1 cm³/mol. The quantitative estimate of drug-likeness (QED) is 0.768. The van der Waals surface area contributed by atoms with Gasteiger partial charge in [0.15, 0.2) is 5.69 Å². The van der Waals surface area contributed by atoms with Crippen molar-refractivity contribution in [2.75, 3.05) is 18.4 Å². The second-order valence-corrected chi connectivity index (χ2v) is 6.07. The molecule has 2 aromatic rings. The SMILES string of the molecule is O=C(Nc1ccc(Cl)cc1I)c1cn(C2CNC2)nn1. The van der Waals surface area contributed by atoms with Crippen molar-refractivity contribution >= 4 is 45.8 Å². The van der Waals surface area contributed by atoms with Crippen LogP contribution in [-0.4, -0.2) is 34.0 Å². The van der Waals surface area contributed by atoms with E-state index in [9.17, 15) is 4.79 Å². The number of carbonyl (C=O) groups excluding carboxylic acids is 1. The molecule has 0 radical (unpaired) electrons. The topological polar surface area (TPSA) is 71.8 Å². The Balaban J connectivity index is 1.73. The lowest BCUT2D eigenvalue weighted by molar-refractivity contribution is 0.102. The van der Waals surface area contributed by atoms with E-state index < -0.39 is 0 Å². The van der Waals surface area contributed by atoms with Crippen LogP contribution in [0.15, 0.2) is 24.4 Å². The third kappa shape index (κ3) is 2.79. The van der Waals surface area contributed by atoms with E-state index in [0.717, 1.165) is 16.7 Å². The number of amides is 1. The largest absolute Gasteiger partial charge is 0.320 e. The van der Waals surface area contributed by atoms with E-state index in [1.165, 1.54) is 0 Å². The Bertz CT molecular complexity index is 655. The second kappa shape index (κ2) is 5.66. The summed E-state index contributed by atoms with van der Waals surface area (Å²) in [4.78, 5) is 12.1. The van der Waals surface area contributed by atoms with Gasteiger partial charge in [0.05, 0.1) is 17.9 Å². The zero-order valence-corrected chi connectivity index (χ0v) is 13.2. The number of carbonyl (C=O) groups is 1. The maximum Gasteiger partial charge on any atom is 0.277 e. The zero-order valence-electron chi connectivity index (χ0n) is 10.3. The Kier molecular flexibility index (Phi) is 3.90. The molecule has 20 heavy (non-hydrogen) atoms. The molecule has 0 spiro atoms. The molecule has 1 aliphatic rings. The van der Waals surface area contributed by atoms with Crippen molar-refractivity contribution in [2.24, 2.45) is 0 Å². The molecule has 3 rings (SSSR count). The van der Waals surface area contributed by atoms with E-state index in [1.807, 2.05) is 0 Å². The molecule has 1 saturated heterocycles. The molecule has 1 fully saturated rings. The fraction of sp³-hybridized carbons (Fsp3) is 0.250. The first-order valence-electron chi connectivity index (χ1n) is 6.02. The van der Waals surface area contributed by atoms with Crippen molar-refractivity contribution in [2.45, 2.75) is 6.04 Å². The molecule has 104 valence electrons. The first-order valence-corrected chi connectivity index (χ1v) is 7.48. The maximum atomic E-state index is 12.1. The highest BCUT2D eigenvalue weighted by molar-refractivity contribution is 14.1. The summed E-state index contributed by atoms with van der Waals surface area (Å²) in [6, 6.07) is 5.58. The minimum atomic E-state index is -0.274. The average Bonchev–Trinajstić information content (AvgIpc) is 2.80. The number of nitrogens with one attached hydrogen (secondary N) is 2. The van der Waals surface area contributed by atoms with Crippen molar-refractivity contribution in [3.05, 3.63) is 38.7 Å². The Morgan fingerprint density at radius 3 is 2.95 bits per heavy atom. The molecule has 0 saturated carbocycles. The Morgan fingerprint density at radius 2 is 2.30 bits per heavy atom. The lowest BCUT2D eigenvalue weighted by Gasteiger charge is -2.26. The van der Waals surface area contributed by atoms with Crippen LogP contribution in [0.4, 0.5) is 5.69 Å². The third-order valence-electron chi connectivity index (χ3n) is 3.06. The minimum absolute atomic E-state index is 0.274. The van der Waals surface area contributed by atoms with Crippen molar-refractivity contribution < 1.29 is 4.79 Å². The summed E-state index contributed by atoms with van der Waals surface area (Å²) in [6.07, 6.45) is 1.67. The van der Waals surface area contributed by atoms with Gasteiger partial charge in [-0.15, -0.1) is 5.10 Å². The third-order valence-corrected chi connectivity index (χ3v) is 4.18. The molecule has 6 nitrogen and oxygen atoms in total. The molecule has 2 N–H and O–H groups in total.